The van der Waals surface area contributed by atoms with Gasteiger partial charge in [0.05, 0.1) is 6.54 Å². The first-order valence-electron chi connectivity index (χ1n) is 8.58. The zero-order valence-electron chi connectivity index (χ0n) is 14.1. The van der Waals surface area contributed by atoms with Crippen LogP contribution < -0.4 is 5.73 Å². The minimum atomic E-state index is 0.674. The van der Waals surface area contributed by atoms with Crippen LogP contribution in [0.4, 0.5) is 0 Å². The van der Waals surface area contributed by atoms with E-state index in [9.17, 15) is 0 Å². The molecule has 122 valence electrons. The summed E-state index contributed by atoms with van der Waals surface area (Å²) in [5.41, 5.74) is 8.68. The zero-order valence-corrected chi connectivity index (χ0v) is 14.1. The van der Waals surface area contributed by atoms with Crippen LogP contribution in [0, 0.1) is 0 Å². The second-order valence-electron chi connectivity index (χ2n) is 6.00. The highest BCUT2D eigenvalue weighted by Crippen LogP contribution is 2.10. The molecule has 2 N–H and O–H groups in total. The number of hydrogen-bond donors (Lipinski definition) is 1. The van der Waals surface area contributed by atoms with Gasteiger partial charge >= 0.3 is 0 Å². The minimum absolute atomic E-state index is 0.674. The van der Waals surface area contributed by atoms with Crippen LogP contribution in [0.1, 0.15) is 44.2 Å². The molecular formula is C18H30N4. The summed E-state index contributed by atoms with van der Waals surface area (Å²) in [6.45, 7) is 10.4. The monoisotopic (exact) mass is 302 g/mol. The van der Waals surface area contributed by atoms with Crippen LogP contribution in [0.2, 0.25) is 0 Å². The molecule has 0 spiro atoms. The van der Waals surface area contributed by atoms with Crippen LogP contribution >= 0.6 is 0 Å². The summed E-state index contributed by atoms with van der Waals surface area (Å²) in [5.74, 6) is 0.701. The fraction of sp³-hybridized carbons (Fsp3) is 0.611. The quantitative estimate of drug-likeness (QED) is 0.649. The highest BCUT2D eigenvalue weighted by atomic mass is 15.2. The van der Waals surface area contributed by atoms with Gasteiger partial charge in [0, 0.05) is 19.6 Å². The summed E-state index contributed by atoms with van der Waals surface area (Å²) in [7, 11) is 0. The van der Waals surface area contributed by atoms with Gasteiger partial charge in [0.1, 0.15) is 0 Å². The van der Waals surface area contributed by atoms with Gasteiger partial charge in [0.25, 0.3) is 0 Å². The Morgan fingerprint density at radius 3 is 2.23 bits per heavy atom. The lowest BCUT2D eigenvalue weighted by Gasteiger charge is -2.27. The van der Waals surface area contributed by atoms with Gasteiger partial charge in [0.2, 0.25) is 0 Å². The lowest BCUT2D eigenvalue weighted by atomic mass is 10.1. The van der Waals surface area contributed by atoms with Gasteiger partial charge in [-0.1, -0.05) is 38.1 Å². The SMILES string of the molecule is CCN(CC)Cc1ccc(CN=C(N)N2CCCCC2)cc1. The Hall–Kier alpha value is -1.55. The minimum Gasteiger partial charge on any atom is -0.370 e. The highest BCUT2D eigenvalue weighted by Gasteiger charge is 2.11. The molecule has 0 bridgehead atoms. The number of hydrogen-bond acceptors (Lipinski definition) is 2. The number of guanidine groups is 1. The first kappa shape index (κ1) is 16.8. The summed E-state index contributed by atoms with van der Waals surface area (Å²) in [6.07, 6.45) is 3.78. The standard InChI is InChI=1S/C18H30N4/c1-3-21(4-2)15-17-10-8-16(9-11-17)14-20-18(19)22-12-6-5-7-13-22/h8-11H,3-7,12-15H2,1-2H3,(H2,19,20). The average Bonchev–Trinajstić information content (AvgIpc) is 2.59. The van der Waals surface area contributed by atoms with Crippen LogP contribution in [0.15, 0.2) is 29.3 Å². The van der Waals surface area contributed by atoms with Gasteiger partial charge in [-0.25, -0.2) is 4.99 Å². The number of nitrogens with zero attached hydrogens (tertiary/aromatic N) is 3. The largest absolute Gasteiger partial charge is 0.370 e. The smallest absolute Gasteiger partial charge is 0.191 e. The zero-order chi connectivity index (χ0) is 15.8. The van der Waals surface area contributed by atoms with Gasteiger partial charge in [-0.3, -0.25) is 4.90 Å². The Morgan fingerprint density at radius 1 is 1.05 bits per heavy atom. The maximum absolute atomic E-state index is 6.10. The van der Waals surface area contributed by atoms with E-state index >= 15 is 0 Å². The van der Waals surface area contributed by atoms with Crippen molar-refractivity contribution in [2.45, 2.75) is 46.2 Å². The number of rotatable bonds is 6. The Balaban J connectivity index is 1.87. The fourth-order valence-electron chi connectivity index (χ4n) is 2.85. The van der Waals surface area contributed by atoms with Crippen molar-refractivity contribution in [3.05, 3.63) is 35.4 Å². The maximum atomic E-state index is 6.10. The molecular weight excluding hydrogens is 272 g/mol. The lowest BCUT2D eigenvalue weighted by molar-refractivity contribution is 0.296. The Morgan fingerprint density at radius 2 is 1.64 bits per heavy atom. The first-order valence-corrected chi connectivity index (χ1v) is 8.58. The van der Waals surface area contributed by atoms with Crippen LogP contribution in [-0.4, -0.2) is 41.9 Å². The van der Waals surface area contributed by atoms with Crippen molar-refractivity contribution in [1.82, 2.24) is 9.80 Å². The van der Waals surface area contributed by atoms with Crippen molar-refractivity contribution in [2.75, 3.05) is 26.2 Å². The summed E-state index contributed by atoms with van der Waals surface area (Å²) < 4.78 is 0. The predicted molar refractivity (Wildman–Crippen MR) is 93.8 cm³/mol. The molecule has 1 aliphatic heterocycles. The van der Waals surface area contributed by atoms with Crippen LogP contribution in [-0.2, 0) is 13.1 Å². The third-order valence-electron chi connectivity index (χ3n) is 4.43. The van der Waals surface area contributed by atoms with E-state index in [0.717, 1.165) is 32.7 Å². The summed E-state index contributed by atoms with van der Waals surface area (Å²) in [5, 5.41) is 0. The molecule has 1 aromatic rings. The predicted octanol–water partition coefficient (Wildman–Crippen LogP) is 2.83. The van der Waals surface area contributed by atoms with Crippen LogP contribution in [0.3, 0.4) is 0 Å². The molecule has 1 aromatic carbocycles. The summed E-state index contributed by atoms with van der Waals surface area (Å²) in [4.78, 5) is 9.18. The van der Waals surface area contributed by atoms with E-state index in [1.54, 1.807) is 0 Å². The van der Waals surface area contributed by atoms with E-state index in [1.165, 1.54) is 30.4 Å². The Labute approximate surface area is 135 Å². The molecule has 1 heterocycles. The second-order valence-corrected chi connectivity index (χ2v) is 6.00. The molecule has 0 aliphatic carbocycles. The molecule has 0 unspecified atom stereocenters. The molecule has 0 saturated carbocycles. The molecule has 4 heteroatoms. The molecule has 0 amide bonds. The van der Waals surface area contributed by atoms with Crippen LogP contribution in [0.5, 0.6) is 0 Å². The number of benzene rings is 1. The molecule has 1 saturated heterocycles. The highest BCUT2D eigenvalue weighted by molar-refractivity contribution is 5.78. The van der Waals surface area contributed by atoms with Gasteiger partial charge in [-0.15, -0.1) is 0 Å². The molecule has 1 aliphatic rings. The van der Waals surface area contributed by atoms with E-state index < -0.39 is 0 Å². The average molecular weight is 302 g/mol. The number of likely N-dealkylation sites (tertiary alicyclic amines) is 1. The summed E-state index contributed by atoms with van der Waals surface area (Å²) >= 11 is 0. The number of piperidine rings is 1. The lowest BCUT2D eigenvalue weighted by Crippen LogP contribution is -2.40. The third kappa shape index (κ3) is 5.02. The van der Waals surface area contributed by atoms with Gasteiger partial charge in [-0.2, -0.15) is 0 Å². The molecule has 22 heavy (non-hydrogen) atoms. The third-order valence-corrected chi connectivity index (χ3v) is 4.43. The van der Waals surface area contributed by atoms with Crippen molar-refractivity contribution in [3.63, 3.8) is 0 Å². The van der Waals surface area contributed by atoms with Crippen molar-refractivity contribution >= 4 is 5.96 Å². The van der Waals surface area contributed by atoms with E-state index in [4.69, 9.17) is 5.73 Å². The van der Waals surface area contributed by atoms with Crippen LogP contribution in [0.25, 0.3) is 0 Å². The number of nitrogens with two attached hydrogens (primary N) is 1. The topological polar surface area (TPSA) is 44.9 Å². The van der Waals surface area contributed by atoms with E-state index in [-0.39, 0.29) is 0 Å². The molecule has 1 fully saturated rings. The van der Waals surface area contributed by atoms with Gasteiger partial charge in [-0.05, 0) is 43.5 Å². The van der Waals surface area contributed by atoms with Crippen molar-refractivity contribution < 1.29 is 0 Å². The molecule has 0 radical (unpaired) electrons. The fourth-order valence-corrected chi connectivity index (χ4v) is 2.85. The van der Waals surface area contributed by atoms with E-state index in [1.807, 2.05) is 0 Å². The normalized spacial score (nSPS) is 16.3. The van der Waals surface area contributed by atoms with Crippen molar-refractivity contribution in [2.24, 2.45) is 10.7 Å². The molecule has 0 atom stereocenters. The Bertz CT molecular complexity index is 456. The Kier molecular flexibility index (Phi) is 6.72. The summed E-state index contributed by atoms with van der Waals surface area (Å²) in [6, 6.07) is 8.76. The second kappa shape index (κ2) is 8.79. The van der Waals surface area contributed by atoms with E-state index in [0.29, 0.717) is 12.5 Å². The molecule has 0 aromatic heterocycles. The van der Waals surface area contributed by atoms with Gasteiger partial charge in [0.15, 0.2) is 5.96 Å². The van der Waals surface area contributed by atoms with E-state index in [2.05, 4.69) is 52.9 Å². The molecule has 4 nitrogen and oxygen atoms in total. The first-order chi connectivity index (χ1) is 10.7. The number of aliphatic imine (C=N–C) groups is 1. The van der Waals surface area contributed by atoms with Crippen molar-refractivity contribution in [1.29, 1.82) is 0 Å². The maximum Gasteiger partial charge on any atom is 0.191 e. The van der Waals surface area contributed by atoms with Gasteiger partial charge < -0.3 is 10.6 Å². The van der Waals surface area contributed by atoms with Crippen molar-refractivity contribution in [3.8, 4) is 0 Å². The molecule has 2 rings (SSSR count).